The minimum Gasteiger partial charge on any atom is -0.481 e. The maximum absolute atomic E-state index is 9.90. The summed E-state index contributed by atoms with van der Waals surface area (Å²) < 4.78 is 5.77. The summed E-state index contributed by atoms with van der Waals surface area (Å²) >= 11 is 0. The van der Waals surface area contributed by atoms with Crippen molar-refractivity contribution < 1.29 is 9.84 Å². The molecule has 0 unspecified atom stereocenters. The van der Waals surface area contributed by atoms with Gasteiger partial charge >= 0.3 is 0 Å². The van der Waals surface area contributed by atoms with E-state index in [4.69, 9.17) is 4.74 Å². The monoisotopic (exact) mass is 210 g/mol. The van der Waals surface area contributed by atoms with E-state index in [1.165, 1.54) is 19.3 Å². The Kier molecular flexibility index (Phi) is 2.48. The van der Waals surface area contributed by atoms with Crippen molar-refractivity contribution >= 4 is 0 Å². The molecule has 2 nitrogen and oxygen atoms in total. The summed E-state index contributed by atoms with van der Waals surface area (Å²) in [6.07, 6.45) is 6.89. The second-order valence-corrected chi connectivity index (χ2v) is 5.96. The Bertz CT molecular complexity index is 283. The molecule has 1 N–H and O–H groups in total. The summed E-state index contributed by atoms with van der Waals surface area (Å²) in [4.78, 5) is 0. The number of hydrogen-bond donors (Lipinski definition) is 1. The zero-order valence-electron chi connectivity index (χ0n) is 10.1. The highest BCUT2D eigenvalue weighted by atomic mass is 16.6. The van der Waals surface area contributed by atoms with Gasteiger partial charge in [-0.25, -0.2) is 0 Å². The first-order valence-corrected chi connectivity index (χ1v) is 6.05. The fraction of sp³-hybridized carbons (Fsp3) is 0.846. The van der Waals surface area contributed by atoms with E-state index in [1.807, 2.05) is 0 Å². The van der Waals surface area contributed by atoms with Crippen molar-refractivity contribution in [1.82, 2.24) is 0 Å². The molecule has 2 rings (SSSR count). The van der Waals surface area contributed by atoms with Gasteiger partial charge in [0.25, 0.3) is 5.95 Å². The molecular weight excluding hydrogens is 188 g/mol. The van der Waals surface area contributed by atoms with Crippen LogP contribution in [0.1, 0.15) is 59.3 Å². The maximum atomic E-state index is 9.90. The van der Waals surface area contributed by atoms with Crippen LogP contribution < -0.4 is 0 Å². The van der Waals surface area contributed by atoms with Gasteiger partial charge in [-0.05, 0) is 44.4 Å². The van der Waals surface area contributed by atoms with Crippen molar-refractivity contribution in [2.24, 2.45) is 5.41 Å². The third-order valence-corrected chi connectivity index (χ3v) is 3.82. The molecule has 0 bridgehead atoms. The van der Waals surface area contributed by atoms with E-state index in [2.05, 4.69) is 20.8 Å². The van der Waals surface area contributed by atoms with E-state index in [0.717, 1.165) is 24.8 Å². The molecule has 0 amide bonds. The lowest BCUT2D eigenvalue weighted by molar-refractivity contribution is -0.0623. The summed E-state index contributed by atoms with van der Waals surface area (Å²) in [5.74, 6) is 0.212. The van der Waals surface area contributed by atoms with Gasteiger partial charge in [0.2, 0.25) is 0 Å². The van der Waals surface area contributed by atoms with Crippen LogP contribution in [-0.4, -0.2) is 10.7 Å². The SMILES string of the molecule is CC1(OC(O)=C2CC2(C)C)CCCCC1. The average molecular weight is 210 g/mol. The number of hydrogen-bond acceptors (Lipinski definition) is 2. The van der Waals surface area contributed by atoms with Gasteiger partial charge in [0.1, 0.15) is 5.60 Å². The van der Waals surface area contributed by atoms with Gasteiger partial charge < -0.3 is 9.84 Å². The Morgan fingerprint density at radius 2 is 1.67 bits per heavy atom. The van der Waals surface area contributed by atoms with Crippen LogP contribution in [0.15, 0.2) is 11.5 Å². The first kappa shape index (κ1) is 10.8. The molecule has 2 aliphatic carbocycles. The quantitative estimate of drug-likeness (QED) is 0.700. The summed E-state index contributed by atoms with van der Waals surface area (Å²) in [7, 11) is 0. The van der Waals surface area contributed by atoms with Gasteiger partial charge in [0.05, 0.1) is 0 Å². The molecule has 0 aliphatic heterocycles. The predicted molar refractivity (Wildman–Crippen MR) is 60.6 cm³/mol. The topological polar surface area (TPSA) is 29.5 Å². The van der Waals surface area contributed by atoms with Crippen molar-refractivity contribution in [3.05, 3.63) is 11.5 Å². The molecule has 2 heteroatoms. The summed E-state index contributed by atoms with van der Waals surface area (Å²) in [5, 5.41) is 9.90. The van der Waals surface area contributed by atoms with Crippen LogP contribution in [0.25, 0.3) is 0 Å². The molecule has 0 spiro atoms. The van der Waals surface area contributed by atoms with Crippen LogP contribution in [0.2, 0.25) is 0 Å². The highest BCUT2D eigenvalue weighted by Gasteiger charge is 2.44. The standard InChI is InChI=1S/C13H22O2/c1-12(2)9-10(12)11(14)15-13(3)7-5-4-6-8-13/h14H,4-9H2,1-3H3. The third kappa shape index (κ3) is 2.30. The number of aliphatic hydroxyl groups excluding tert-OH is 1. The van der Waals surface area contributed by atoms with Gasteiger partial charge in [-0.2, -0.15) is 0 Å². The number of rotatable bonds is 2. The van der Waals surface area contributed by atoms with Gasteiger partial charge in [-0.1, -0.05) is 20.3 Å². The van der Waals surface area contributed by atoms with E-state index in [-0.39, 0.29) is 17.0 Å². The molecule has 2 aliphatic rings. The molecule has 0 radical (unpaired) electrons. The highest BCUT2D eigenvalue weighted by Crippen LogP contribution is 2.53. The van der Waals surface area contributed by atoms with Gasteiger partial charge in [0.15, 0.2) is 0 Å². The Balaban J connectivity index is 2.00. The van der Waals surface area contributed by atoms with Gasteiger partial charge in [-0.3, -0.25) is 0 Å². The van der Waals surface area contributed by atoms with Crippen LogP contribution in [0, 0.1) is 5.41 Å². The number of allylic oxidation sites excluding steroid dienone is 1. The largest absolute Gasteiger partial charge is 0.481 e. The van der Waals surface area contributed by atoms with Gasteiger partial charge in [-0.15, -0.1) is 0 Å². The maximum Gasteiger partial charge on any atom is 0.276 e. The molecule has 0 aromatic heterocycles. The molecule has 0 aromatic carbocycles. The Hall–Kier alpha value is -0.660. The Morgan fingerprint density at radius 1 is 1.13 bits per heavy atom. The zero-order chi connectivity index (χ0) is 11.1. The lowest BCUT2D eigenvalue weighted by Gasteiger charge is -2.33. The fourth-order valence-corrected chi connectivity index (χ4v) is 2.46. The minimum atomic E-state index is -0.117. The molecule has 0 saturated heterocycles. The van der Waals surface area contributed by atoms with Crippen molar-refractivity contribution in [1.29, 1.82) is 0 Å². The van der Waals surface area contributed by atoms with Crippen LogP contribution in [-0.2, 0) is 4.74 Å². The predicted octanol–water partition coefficient (Wildman–Crippen LogP) is 3.93. The lowest BCUT2D eigenvalue weighted by Crippen LogP contribution is -2.31. The molecule has 0 atom stereocenters. The van der Waals surface area contributed by atoms with Crippen molar-refractivity contribution in [2.75, 3.05) is 0 Å². The molecule has 0 aromatic rings. The Labute approximate surface area is 92.3 Å². The van der Waals surface area contributed by atoms with Crippen molar-refractivity contribution in [2.45, 2.75) is 64.9 Å². The third-order valence-electron chi connectivity index (χ3n) is 3.82. The molecule has 86 valence electrons. The van der Waals surface area contributed by atoms with E-state index < -0.39 is 0 Å². The lowest BCUT2D eigenvalue weighted by atomic mass is 9.86. The van der Waals surface area contributed by atoms with Crippen LogP contribution >= 0.6 is 0 Å². The second-order valence-electron chi connectivity index (χ2n) is 5.96. The van der Waals surface area contributed by atoms with Crippen molar-refractivity contribution in [3.8, 4) is 0 Å². The van der Waals surface area contributed by atoms with E-state index >= 15 is 0 Å². The summed E-state index contributed by atoms with van der Waals surface area (Å²) in [6, 6.07) is 0. The fourth-order valence-electron chi connectivity index (χ4n) is 2.46. The van der Waals surface area contributed by atoms with Crippen LogP contribution in [0.4, 0.5) is 0 Å². The first-order chi connectivity index (χ1) is 6.93. The number of ether oxygens (including phenoxy) is 1. The smallest absolute Gasteiger partial charge is 0.276 e. The Morgan fingerprint density at radius 3 is 2.13 bits per heavy atom. The molecular formula is C13H22O2. The normalized spacial score (nSPS) is 30.9. The van der Waals surface area contributed by atoms with E-state index in [9.17, 15) is 5.11 Å². The molecule has 2 fully saturated rings. The first-order valence-electron chi connectivity index (χ1n) is 6.05. The van der Waals surface area contributed by atoms with Crippen molar-refractivity contribution in [3.63, 3.8) is 0 Å². The number of aliphatic hydroxyl groups is 1. The van der Waals surface area contributed by atoms with Gasteiger partial charge in [0, 0.05) is 5.57 Å². The van der Waals surface area contributed by atoms with Crippen LogP contribution in [0.3, 0.4) is 0 Å². The summed E-state index contributed by atoms with van der Waals surface area (Å²) in [6.45, 7) is 6.41. The van der Waals surface area contributed by atoms with E-state index in [0.29, 0.717) is 0 Å². The molecule has 0 heterocycles. The molecule has 2 saturated carbocycles. The molecule has 15 heavy (non-hydrogen) atoms. The second kappa shape index (κ2) is 3.43. The zero-order valence-corrected chi connectivity index (χ0v) is 10.1. The minimum absolute atomic E-state index is 0.117. The van der Waals surface area contributed by atoms with Crippen LogP contribution in [0.5, 0.6) is 0 Å². The highest BCUT2D eigenvalue weighted by molar-refractivity contribution is 5.30. The van der Waals surface area contributed by atoms with E-state index in [1.54, 1.807) is 0 Å². The average Bonchev–Trinajstić information content (AvgIpc) is 2.76. The summed E-state index contributed by atoms with van der Waals surface area (Å²) in [5.41, 5.74) is 1.15.